The number of carbonyl (C=O) groups excluding carboxylic acids is 1. The maximum Gasteiger partial charge on any atom is 0.257 e. The summed E-state index contributed by atoms with van der Waals surface area (Å²) >= 11 is 0. The normalized spacial score (nSPS) is 27.5. The van der Waals surface area contributed by atoms with Crippen LogP contribution in [0, 0.1) is 11.8 Å². The number of nitrogens with zero attached hydrogens (tertiary/aromatic N) is 5. The van der Waals surface area contributed by atoms with E-state index in [0.29, 0.717) is 35.5 Å². The number of ether oxygens (including phenoxy) is 1. The lowest BCUT2D eigenvalue weighted by Crippen LogP contribution is -2.50. The number of aliphatic hydroxyl groups is 1. The molecule has 7 rings (SSSR count). The van der Waals surface area contributed by atoms with Crippen LogP contribution in [0.1, 0.15) is 29.2 Å². The predicted octanol–water partition coefficient (Wildman–Crippen LogP) is 1.86. The van der Waals surface area contributed by atoms with E-state index in [1.54, 1.807) is 4.52 Å². The summed E-state index contributed by atoms with van der Waals surface area (Å²) in [5, 5.41) is 21.4. The summed E-state index contributed by atoms with van der Waals surface area (Å²) in [6, 6.07) is 6.13. The summed E-state index contributed by atoms with van der Waals surface area (Å²) in [7, 11) is 1.82. The molecule has 3 fully saturated rings. The molecular formula is C24H25N7O3. The van der Waals surface area contributed by atoms with Gasteiger partial charge in [0, 0.05) is 54.3 Å². The highest BCUT2D eigenvalue weighted by Crippen LogP contribution is 2.55. The Morgan fingerprint density at radius 2 is 2.09 bits per heavy atom. The van der Waals surface area contributed by atoms with E-state index in [4.69, 9.17) is 9.72 Å². The average Bonchev–Trinajstić information content (AvgIpc) is 3.28. The number of hydrogen-bond donors (Lipinski definition) is 3. The maximum absolute atomic E-state index is 13.0. The Morgan fingerprint density at radius 3 is 2.82 bits per heavy atom. The van der Waals surface area contributed by atoms with Gasteiger partial charge in [0.1, 0.15) is 17.0 Å². The average molecular weight is 460 g/mol. The van der Waals surface area contributed by atoms with E-state index in [2.05, 4.69) is 37.5 Å². The smallest absolute Gasteiger partial charge is 0.257 e. The molecule has 10 heteroatoms. The molecule has 0 radical (unpaired) electrons. The minimum Gasteiger partial charge on any atom is -0.391 e. The van der Waals surface area contributed by atoms with Crippen molar-refractivity contribution in [2.24, 2.45) is 11.8 Å². The molecule has 4 aromatic rings. The maximum atomic E-state index is 13.0. The number of nitrogens with one attached hydrogen (secondary N) is 2. The van der Waals surface area contributed by atoms with Crippen molar-refractivity contribution in [3.63, 3.8) is 0 Å². The molecular weight excluding hydrogens is 434 g/mol. The van der Waals surface area contributed by atoms with Crippen molar-refractivity contribution in [2.45, 2.75) is 31.0 Å². The zero-order chi connectivity index (χ0) is 23.0. The Kier molecular flexibility index (Phi) is 4.25. The molecule has 4 aromatic heterocycles. The van der Waals surface area contributed by atoms with Crippen LogP contribution in [0.5, 0.6) is 0 Å². The summed E-state index contributed by atoms with van der Waals surface area (Å²) < 4.78 is 9.50. The third-order valence-corrected chi connectivity index (χ3v) is 7.62. The van der Waals surface area contributed by atoms with Crippen molar-refractivity contribution in [1.29, 1.82) is 0 Å². The number of anilines is 1. The van der Waals surface area contributed by atoms with Crippen LogP contribution in [-0.4, -0.2) is 67.6 Å². The molecule has 1 saturated heterocycles. The summed E-state index contributed by atoms with van der Waals surface area (Å²) in [6.07, 6.45) is 6.48. The van der Waals surface area contributed by atoms with Gasteiger partial charge in [0.2, 0.25) is 0 Å². The van der Waals surface area contributed by atoms with Crippen LogP contribution in [0.25, 0.3) is 27.9 Å². The van der Waals surface area contributed by atoms with E-state index in [-0.39, 0.29) is 11.9 Å². The molecule has 174 valence electrons. The molecule has 0 bridgehead atoms. The molecule has 10 nitrogen and oxygen atoms in total. The lowest BCUT2D eigenvalue weighted by molar-refractivity contribution is 0.0448. The Bertz CT molecular complexity index is 1430. The zero-order valence-corrected chi connectivity index (χ0v) is 18.7. The number of aliphatic hydroxyl groups excluding tert-OH is 1. The molecule has 34 heavy (non-hydrogen) atoms. The van der Waals surface area contributed by atoms with Gasteiger partial charge in [0.05, 0.1) is 37.3 Å². The van der Waals surface area contributed by atoms with Crippen molar-refractivity contribution in [3.05, 3.63) is 42.4 Å². The lowest BCUT2D eigenvalue weighted by Gasteiger charge is -2.32. The van der Waals surface area contributed by atoms with Gasteiger partial charge in [-0.25, -0.2) is 9.97 Å². The fourth-order valence-electron chi connectivity index (χ4n) is 5.47. The molecule has 2 aliphatic carbocycles. The second kappa shape index (κ2) is 7.25. The van der Waals surface area contributed by atoms with Gasteiger partial charge < -0.3 is 25.0 Å². The van der Waals surface area contributed by atoms with Crippen molar-refractivity contribution in [3.8, 4) is 11.3 Å². The third kappa shape index (κ3) is 2.82. The molecule has 1 aliphatic heterocycles. The quantitative estimate of drug-likeness (QED) is 0.417. The Morgan fingerprint density at radius 1 is 1.24 bits per heavy atom. The Hall–Kier alpha value is -3.50. The fraction of sp³-hybridized carbons (Fsp3) is 0.417. The Balaban J connectivity index is 1.34. The number of rotatable bonds is 5. The van der Waals surface area contributed by atoms with Crippen LogP contribution in [0.4, 0.5) is 5.82 Å². The highest BCUT2D eigenvalue weighted by molar-refractivity contribution is 6.01. The van der Waals surface area contributed by atoms with Gasteiger partial charge in [-0.3, -0.25) is 4.79 Å². The van der Waals surface area contributed by atoms with Crippen molar-refractivity contribution in [1.82, 2.24) is 29.5 Å². The van der Waals surface area contributed by atoms with E-state index in [0.717, 1.165) is 47.7 Å². The fourth-order valence-corrected chi connectivity index (χ4v) is 5.47. The molecule has 3 aliphatic rings. The van der Waals surface area contributed by atoms with Crippen LogP contribution in [-0.2, 0) is 4.74 Å². The largest absolute Gasteiger partial charge is 0.391 e. The van der Waals surface area contributed by atoms with Crippen LogP contribution in [0.3, 0.4) is 0 Å². The molecule has 5 heterocycles. The van der Waals surface area contributed by atoms with E-state index < -0.39 is 6.10 Å². The van der Waals surface area contributed by atoms with E-state index in [1.165, 1.54) is 6.20 Å². The van der Waals surface area contributed by atoms with Gasteiger partial charge in [-0.2, -0.15) is 9.61 Å². The molecule has 3 N–H and O–H groups in total. The topological polar surface area (TPSA) is 119 Å². The van der Waals surface area contributed by atoms with Gasteiger partial charge in [-0.1, -0.05) is 0 Å². The van der Waals surface area contributed by atoms with E-state index in [1.807, 2.05) is 25.4 Å². The first-order valence-electron chi connectivity index (χ1n) is 11.7. The first-order chi connectivity index (χ1) is 16.6. The van der Waals surface area contributed by atoms with Crippen molar-refractivity contribution >= 4 is 28.4 Å². The molecule has 0 aromatic carbocycles. The zero-order valence-electron chi connectivity index (χ0n) is 18.7. The Labute approximate surface area is 195 Å². The molecule has 1 amide bonds. The van der Waals surface area contributed by atoms with E-state index in [9.17, 15) is 9.90 Å². The first kappa shape index (κ1) is 19.9. The minimum atomic E-state index is -0.492. The van der Waals surface area contributed by atoms with Crippen LogP contribution in [0.2, 0.25) is 0 Å². The van der Waals surface area contributed by atoms with Crippen LogP contribution >= 0.6 is 0 Å². The summed E-state index contributed by atoms with van der Waals surface area (Å²) in [5.74, 6) is 1.53. The standard InChI is InChI=1S/C24H25N7O3/c1-25-20-7-18(28-23-13(8-27-31(20)23)24(33)29-17-4-5-19(17)32)14-9-30(21-15-10-34-11-16(15)21)22-12(14)3-2-6-26-22/h2-3,6-9,15-17,19,21,25,32H,4-5,10-11H2,1H3,(H,29,33)/t15-,16+,17?,19-,21+/m1/s1. The summed E-state index contributed by atoms with van der Waals surface area (Å²) in [5.41, 5.74) is 3.50. The van der Waals surface area contributed by atoms with Gasteiger partial charge in [-0.15, -0.1) is 0 Å². The molecule has 2 saturated carbocycles. The van der Waals surface area contributed by atoms with Crippen LogP contribution < -0.4 is 10.6 Å². The minimum absolute atomic E-state index is 0.222. The molecule has 5 atom stereocenters. The first-order valence-corrected chi connectivity index (χ1v) is 11.7. The number of pyridine rings is 1. The SMILES string of the molecule is CNc1cc(-c2cn([C@H]3[C@@H]4COC[C@@H]43)c3ncccc23)nc2c(C(=O)NC3CC[C@H]3O)cnn12. The summed E-state index contributed by atoms with van der Waals surface area (Å²) in [4.78, 5) is 22.6. The molecule has 1 unspecified atom stereocenters. The van der Waals surface area contributed by atoms with Gasteiger partial charge >= 0.3 is 0 Å². The number of aromatic nitrogens is 5. The van der Waals surface area contributed by atoms with Gasteiger partial charge in [0.25, 0.3) is 5.91 Å². The third-order valence-electron chi connectivity index (χ3n) is 7.62. The monoisotopic (exact) mass is 459 g/mol. The van der Waals surface area contributed by atoms with Gasteiger partial charge in [-0.05, 0) is 25.0 Å². The van der Waals surface area contributed by atoms with E-state index >= 15 is 0 Å². The number of hydrogen-bond acceptors (Lipinski definition) is 7. The van der Waals surface area contributed by atoms with Gasteiger partial charge in [0.15, 0.2) is 5.65 Å². The van der Waals surface area contributed by atoms with Crippen molar-refractivity contribution in [2.75, 3.05) is 25.6 Å². The second-order valence-corrected chi connectivity index (χ2v) is 9.48. The highest BCUT2D eigenvalue weighted by atomic mass is 16.5. The predicted molar refractivity (Wildman–Crippen MR) is 125 cm³/mol. The number of carbonyl (C=O) groups is 1. The number of amides is 1. The highest BCUT2D eigenvalue weighted by Gasteiger charge is 2.55. The summed E-state index contributed by atoms with van der Waals surface area (Å²) in [6.45, 7) is 1.60. The van der Waals surface area contributed by atoms with Crippen LogP contribution in [0.15, 0.2) is 36.8 Å². The molecule has 0 spiro atoms. The number of fused-ring (bicyclic) bond motifs is 3. The lowest BCUT2D eigenvalue weighted by atomic mass is 9.89. The van der Waals surface area contributed by atoms with Crippen molar-refractivity contribution < 1.29 is 14.6 Å². The second-order valence-electron chi connectivity index (χ2n) is 9.48.